The van der Waals surface area contributed by atoms with Crippen molar-refractivity contribution in [2.24, 2.45) is 5.92 Å². The van der Waals surface area contributed by atoms with Crippen LogP contribution in [0.25, 0.3) is 10.9 Å². The summed E-state index contributed by atoms with van der Waals surface area (Å²) in [7, 11) is 1.25. The first-order valence-corrected chi connectivity index (χ1v) is 7.89. The van der Waals surface area contributed by atoms with Crippen LogP contribution in [-0.4, -0.2) is 47.8 Å². The lowest BCUT2D eigenvalue weighted by Gasteiger charge is -2.18. The van der Waals surface area contributed by atoms with Crippen molar-refractivity contribution in [3.8, 4) is 0 Å². The van der Waals surface area contributed by atoms with E-state index in [9.17, 15) is 14.4 Å². The number of carbonyl (C=O) groups is 3. The predicted octanol–water partition coefficient (Wildman–Crippen LogP) is 1.42. The highest BCUT2D eigenvalue weighted by Gasteiger charge is 2.23. The molecule has 0 aliphatic rings. The predicted molar refractivity (Wildman–Crippen MR) is 89.8 cm³/mol. The Bertz CT molecular complexity index is 768. The Balaban J connectivity index is 1.94. The van der Waals surface area contributed by atoms with E-state index < -0.39 is 30.5 Å². The Morgan fingerprint density at radius 3 is 2.64 bits per heavy atom. The number of fused-ring (bicyclic) bond motifs is 1. The monoisotopic (exact) mass is 347 g/mol. The number of para-hydroxylation sites is 1. The summed E-state index contributed by atoms with van der Waals surface area (Å²) in [6.45, 7) is 3.33. The number of ether oxygens (including phenoxy) is 2. The van der Waals surface area contributed by atoms with E-state index in [0.29, 0.717) is 17.3 Å². The summed E-state index contributed by atoms with van der Waals surface area (Å²) in [5.74, 6) is -1.65. The zero-order valence-corrected chi connectivity index (χ0v) is 14.4. The van der Waals surface area contributed by atoms with E-state index in [-0.39, 0.29) is 11.6 Å². The van der Waals surface area contributed by atoms with Gasteiger partial charge in [0.15, 0.2) is 12.3 Å². The molecule has 0 bridgehead atoms. The van der Waals surface area contributed by atoms with Crippen LogP contribution < -0.4 is 5.32 Å². The lowest BCUT2D eigenvalue weighted by molar-refractivity contribution is -0.145. The van der Waals surface area contributed by atoms with E-state index in [4.69, 9.17) is 4.74 Å². The first kappa shape index (κ1) is 18.4. The van der Waals surface area contributed by atoms with Gasteiger partial charge in [0.25, 0.3) is 5.91 Å². The van der Waals surface area contributed by atoms with Gasteiger partial charge in [-0.2, -0.15) is 5.10 Å². The van der Waals surface area contributed by atoms with E-state index in [1.165, 1.54) is 7.11 Å². The molecule has 2 aromatic rings. The number of esters is 2. The molecule has 25 heavy (non-hydrogen) atoms. The minimum Gasteiger partial charge on any atom is -0.467 e. The largest absolute Gasteiger partial charge is 0.467 e. The fraction of sp³-hybridized carbons (Fsp3) is 0.412. The third-order valence-electron chi connectivity index (χ3n) is 3.53. The van der Waals surface area contributed by atoms with Crippen LogP contribution in [0.4, 0.5) is 0 Å². The molecule has 0 aliphatic heterocycles. The van der Waals surface area contributed by atoms with Crippen LogP contribution in [0.2, 0.25) is 0 Å². The molecule has 1 aromatic heterocycles. The van der Waals surface area contributed by atoms with Crippen molar-refractivity contribution in [1.29, 1.82) is 0 Å². The van der Waals surface area contributed by atoms with Gasteiger partial charge >= 0.3 is 11.9 Å². The Morgan fingerprint density at radius 2 is 1.96 bits per heavy atom. The number of nitrogens with zero attached hydrogens (tertiary/aromatic N) is 1. The molecule has 0 saturated carbocycles. The Kier molecular flexibility index (Phi) is 6.10. The highest BCUT2D eigenvalue weighted by atomic mass is 16.5. The molecular weight excluding hydrogens is 326 g/mol. The minimum atomic E-state index is -0.776. The summed E-state index contributed by atoms with van der Waals surface area (Å²) in [5.41, 5.74) is 0.802. The maximum atomic E-state index is 12.1. The smallest absolute Gasteiger partial charge is 0.359 e. The van der Waals surface area contributed by atoms with Crippen molar-refractivity contribution in [3.63, 3.8) is 0 Å². The van der Waals surface area contributed by atoms with Gasteiger partial charge in [-0.15, -0.1) is 0 Å². The van der Waals surface area contributed by atoms with Crippen LogP contribution in [0.5, 0.6) is 0 Å². The van der Waals surface area contributed by atoms with Crippen LogP contribution in [0.15, 0.2) is 24.3 Å². The number of amides is 1. The summed E-state index contributed by atoms with van der Waals surface area (Å²) in [6.07, 6.45) is 0.427. The average molecular weight is 347 g/mol. The molecule has 1 heterocycles. The molecule has 1 unspecified atom stereocenters. The second-order valence-electron chi connectivity index (χ2n) is 5.97. The molecule has 2 rings (SSSR count). The summed E-state index contributed by atoms with van der Waals surface area (Å²) >= 11 is 0. The van der Waals surface area contributed by atoms with Gasteiger partial charge in [-0.1, -0.05) is 32.0 Å². The van der Waals surface area contributed by atoms with Crippen LogP contribution in [-0.2, 0) is 19.1 Å². The zero-order chi connectivity index (χ0) is 18.4. The summed E-state index contributed by atoms with van der Waals surface area (Å²) in [5, 5.41) is 9.76. The standard InChI is InChI=1S/C17H21N3O5/c1-10(2)8-13(16(22)24-3)18-14(21)9-25-17(23)15-11-6-4-5-7-12(11)19-20-15/h4-7,10,13H,8-9H2,1-3H3,(H,18,21)(H,19,20). The van der Waals surface area contributed by atoms with Crippen molar-refractivity contribution in [2.75, 3.05) is 13.7 Å². The Hall–Kier alpha value is -2.90. The fourth-order valence-corrected chi connectivity index (χ4v) is 2.38. The second kappa shape index (κ2) is 8.27. The van der Waals surface area contributed by atoms with Gasteiger partial charge in [-0.3, -0.25) is 9.89 Å². The number of nitrogens with one attached hydrogen (secondary N) is 2. The fourth-order valence-electron chi connectivity index (χ4n) is 2.38. The lowest BCUT2D eigenvalue weighted by Crippen LogP contribution is -2.44. The molecule has 0 saturated heterocycles. The van der Waals surface area contributed by atoms with Crippen molar-refractivity contribution >= 4 is 28.7 Å². The number of hydrogen-bond acceptors (Lipinski definition) is 6. The van der Waals surface area contributed by atoms with Gasteiger partial charge in [0, 0.05) is 5.39 Å². The minimum absolute atomic E-state index is 0.107. The maximum absolute atomic E-state index is 12.1. The van der Waals surface area contributed by atoms with E-state index in [1.807, 2.05) is 19.9 Å². The van der Waals surface area contributed by atoms with Crippen LogP contribution in [0.3, 0.4) is 0 Å². The Labute approximate surface area is 144 Å². The Morgan fingerprint density at radius 1 is 1.24 bits per heavy atom. The van der Waals surface area contributed by atoms with Crippen molar-refractivity contribution in [2.45, 2.75) is 26.3 Å². The second-order valence-corrected chi connectivity index (χ2v) is 5.97. The van der Waals surface area contributed by atoms with Gasteiger partial charge in [0.05, 0.1) is 12.6 Å². The molecule has 0 fully saturated rings. The summed E-state index contributed by atoms with van der Waals surface area (Å²) in [6, 6.07) is 6.31. The number of aromatic amines is 1. The lowest BCUT2D eigenvalue weighted by atomic mass is 10.0. The van der Waals surface area contributed by atoms with Gasteiger partial charge in [-0.05, 0) is 18.4 Å². The van der Waals surface area contributed by atoms with E-state index in [2.05, 4.69) is 20.3 Å². The van der Waals surface area contributed by atoms with Crippen molar-refractivity contribution in [3.05, 3.63) is 30.0 Å². The molecular formula is C17H21N3O5. The highest BCUT2D eigenvalue weighted by molar-refractivity contribution is 6.02. The molecule has 1 atom stereocenters. The third kappa shape index (κ3) is 4.79. The molecule has 1 aromatic carbocycles. The molecule has 0 radical (unpaired) electrons. The van der Waals surface area contributed by atoms with Crippen molar-refractivity contribution < 1.29 is 23.9 Å². The molecule has 8 heteroatoms. The first-order valence-electron chi connectivity index (χ1n) is 7.89. The summed E-state index contributed by atoms with van der Waals surface area (Å²) in [4.78, 5) is 35.8. The van der Waals surface area contributed by atoms with Crippen LogP contribution >= 0.6 is 0 Å². The van der Waals surface area contributed by atoms with Crippen molar-refractivity contribution in [1.82, 2.24) is 15.5 Å². The van der Waals surface area contributed by atoms with E-state index in [1.54, 1.807) is 18.2 Å². The maximum Gasteiger partial charge on any atom is 0.359 e. The zero-order valence-electron chi connectivity index (χ0n) is 14.4. The van der Waals surface area contributed by atoms with Gasteiger partial charge in [0.2, 0.25) is 0 Å². The first-order chi connectivity index (χ1) is 11.9. The quantitative estimate of drug-likeness (QED) is 0.733. The average Bonchev–Trinajstić information content (AvgIpc) is 3.02. The molecule has 0 spiro atoms. The van der Waals surface area contributed by atoms with E-state index >= 15 is 0 Å². The van der Waals surface area contributed by atoms with Crippen LogP contribution in [0.1, 0.15) is 30.8 Å². The molecule has 2 N–H and O–H groups in total. The van der Waals surface area contributed by atoms with Gasteiger partial charge in [0.1, 0.15) is 6.04 Å². The molecule has 0 aliphatic carbocycles. The number of rotatable bonds is 7. The number of aromatic nitrogens is 2. The molecule has 1 amide bonds. The topological polar surface area (TPSA) is 110 Å². The van der Waals surface area contributed by atoms with Crippen LogP contribution in [0, 0.1) is 5.92 Å². The highest BCUT2D eigenvalue weighted by Crippen LogP contribution is 2.15. The number of hydrogen-bond donors (Lipinski definition) is 2. The number of carbonyl (C=O) groups excluding carboxylic acids is 3. The van der Waals surface area contributed by atoms with Gasteiger partial charge < -0.3 is 14.8 Å². The third-order valence-corrected chi connectivity index (χ3v) is 3.53. The SMILES string of the molecule is COC(=O)C(CC(C)C)NC(=O)COC(=O)c1n[nH]c2ccccc12. The number of benzene rings is 1. The number of methoxy groups -OCH3 is 1. The normalized spacial score (nSPS) is 12.0. The molecule has 134 valence electrons. The summed E-state index contributed by atoms with van der Waals surface area (Å²) < 4.78 is 9.66. The number of H-pyrrole nitrogens is 1. The van der Waals surface area contributed by atoms with E-state index in [0.717, 1.165) is 0 Å². The molecule has 8 nitrogen and oxygen atoms in total. The van der Waals surface area contributed by atoms with Gasteiger partial charge in [-0.25, -0.2) is 9.59 Å².